The number of hydrogen-bond donors (Lipinski definition) is 0. The van der Waals surface area contributed by atoms with Crippen molar-refractivity contribution in [2.45, 2.75) is 31.1 Å². The maximum Gasteiger partial charge on any atom is 0.238 e. The van der Waals surface area contributed by atoms with E-state index < -0.39 is 5.41 Å². The lowest BCUT2D eigenvalue weighted by atomic mass is 9.70. The van der Waals surface area contributed by atoms with Crippen LogP contribution in [0.4, 0.5) is 17.1 Å². The van der Waals surface area contributed by atoms with Crippen LogP contribution in [0.3, 0.4) is 0 Å². The summed E-state index contributed by atoms with van der Waals surface area (Å²) in [7, 11) is 0. The molecule has 15 aromatic rings. The predicted molar refractivity (Wildman–Crippen MR) is 365 cm³/mol. The third-order valence-electron chi connectivity index (χ3n) is 20.1. The molecule has 0 aliphatic heterocycles. The van der Waals surface area contributed by atoms with Gasteiger partial charge in [0.1, 0.15) is 0 Å². The van der Waals surface area contributed by atoms with Crippen LogP contribution >= 0.6 is 0 Å². The highest BCUT2D eigenvalue weighted by Crippen LogP contribution is 2.63. The Morgan fingerprint density at radius 3 is 1.56 bits per heavy atom. The molecule has 5 heteroatoms. The van der Waals surface area contributed by atoms with Crippen LogP contribution in [0, 0.1) is 0 Å². The number of anilines is 3. The minimum atomic E-state index is -0.473. The molecule has 4 aliphatic carbocycles. The smallest absolute Gasteiger partial charge is 0.238 e. The van der Waals surface area contributed by atoms with Gasteiger partial charge in [0.25, 0.3) is 0 Å². The second-order valence-corrected chi connectivity index (χ2v) is 25.0. The van der Waals surface area contributed by atoms with Gasteiger partial charge in [0.2, 0.25) is 5.95 Å². The van der Waals surface area contributed by atoms with Crippen molar-refractivity contribution in [2.24, 2.45) is 0 Å². The molecule has 5 nitrogen and oxygen atoms in total. The monoisotopic (exact) mass is 1130 g/mol. The van der Waals surface area contributed by atoms with Crippen LogP contribution in [-0.4, -0.2) is 19.5 Å². The van der Waals surface area contributed by atoms with E-state index in [0.29, 0.717) is 17.6 Å². The molecule has 0 N–H and O–H groups in total. The molecular weight excluding hydrogens is 1080 g/mol. The van der Waals surface area contributed by atoms with Crippen molar-refractivity contribution in [3.8, 4) is 84.4 Å². The van der Waals surface area contributed by atoms with E-state index in [0.717, 1.165) is 72.9 Å². The summed E-state index contributed by atoms with van der Waals surface area (Å²) in [6, 6.07) is 106. The molecule has 0 radical (unpaired) electrons. The highest BCUT2D eigenvalue weighted by atomic mass is 15.2. The van der Waals surface area contributed by atoms with Crippen LogP contribution in [0.15, 0.2) is 285 Å². The van der Waals surface area contributed by atoms with E-state index in [1.165, 1.54) is 94.4 Å². The van der Waals surface area contributed by atoms with Crippen molar-refractivity contribution in [2.75, 3.05) is 4.90 Å². The van der Waals surface area contributed by atoms with Crippen molar-refractivity contribution in [1.82, 2.24) is 19.5 Å². The van der Waals surface area contributed by atoms with Crippen molar-refractivity contribution < 1.29 is 0 Å². The second-order valence-electron chi connectivity index (χ2n) is 25.0. The zero-order chi connectivity index (χ0) is 58.7. The SMILES string of the molecule is CC1(C)c2ccccc2-c2cc3c4cc(-c5ccc(N(c6ccc7c(c6)Cc6ccccc6-7)c6ccc7c(c6)C6(c8ccccc8-c8ccccc86)c6ccccc6-7)cc5)ccc4n(-c4nc(-c5ccccc5)nc(-c5ccc6ccccc6c5)n4)c3cc21. The Bertz CT molecular complexity index is 5450. The van der Waals surface area contributed by atoms with E-state index in [4.69, 9.17) is 15.0 Å². The fourth-order valence-corrected chi connectivity index (χ4v) is 16.0. The van der Waals surface area contributed by atoms with Crippen molar-refractivity contribution in [1.29, 1.82) is 0 Å². The third kappa shape index (κ3) is 7.15. The molecule has 416 valence electrons. The Balaban J connectivity index is 0.786. The molecule has 0 atom stereocenters. The summed E-state index contributed by atoms with van der Waals surface area (Å²) in [6.07, 6.45) is 0.904. The molecule has 0 bridgehead atoms. The summed E-state index contributed by atoms with van der Waals surface area (Å²) in [5, 5.41) is 4.58. The standard InChI is InChI=1S/C84H55N5/c1-83(2)72-28-14-10-27-67(72)69-49-71-70-47-55(36-43-78(70)89(79(71)50-76(69)83)82-86-80(53-19-4-3-5-20-53)85-81(87-82)57-33-32-51-18-6-7-21-54(51)44-57)52-34-37-59(38-35-52)88(60-39-41-63-58(46-60)45-56-22-8-9-23-62(56)63)61-40-42-68-66-26-13-17-31-75(66)84(77(68)48-61)73-29-15-11-24-64(73)65-25-12-16-30-74(65)84/h3-44,46-50H,45H2,1-2H3. The summed E-state index contributed by atoms with van der Waals surface area (Å²) < 4.78 is 2.28. The van der Waals surface area contributed by atoms with Crippen molar-refractivity contribution >= 4 is 49.6 Å². The van der Waals surface area contributed by atoms with Gasteiger partial charge < -0.3 is 4.90 Å². The molecule has 4 aliphatic rings. The van der Waals surface area contributed by atoms with E-state index in [2.05, 4.69) is 290 Å². The first-order valence-electron chi connectivity index (χ1n) is 30.9. The molecule has 89 heavy (non-hydrogen) atoms. The summed E-state index contributed by atoms with van der Waals surface area (Å²) in [5.74, 6) is 1.82. The Morgan fingerprint density at radius 2 is 0.843 bits per heavy atom. The van der Waals surface area contributed by atoms with Gasteiger partial charge in [-0.1, -0.05) is 232 Å². The molecule has 2 heterocycles. The predicted octanol–water partition coefficient (Wildman–Crippen LogP) is 20.8. The molecule has 13 aromatic carbocycles. The Morgan fingerprint density at radius 1 is 0.315 bits per heavy atom. The Kier molecular flexibility index (Phi) is 10.4. The molecule has 0 amide bonds. The van der Waals surface area contributed by atoms with Gasteiger partial charge in [0, 0.05) is 44.4 Å². The first-order valence-corrected chi connectivity index (χ1v) is 30.9. The largest absolute Gasteiger partial charge is 0.310 e. The topological polar surface area (TPSA) is 46.8 Å². The summed E-state index contributed by atoms with van der Waals surface area (Å²) in [6.45, 7) is 4.70. The molecular formula is C84H55N5. The number of fused-ring (bicyclic) bond motifs is 20. The van der Waals surface area contributed by atoms with E-state index in [-0.39, 0.29) is 5.41 Å². The number of nitrogens with zero attached hydrogens (tertiary/aromatic N) is 5. The van der Waals surface area contributed by atoms with Gasteiger partial charge in [-0.2, -0.15) is 9.97 Å². The Labute approximate surface area is 516 Å². The van der Waals surface area contributed by atoms with Gasteiger partial charge in [0.05, 0.1) is 16.4 Å². The average molecular weight is 1130 g/mol. The first kappa shape index (κ1) is 49.9. The van der Waals surface area contributed by atoms with Crippen molar-refractivity contribution in [3.63, 3.8) is 0 Å². The van der Waals surface area contributed by atoms with E-state index in [1.807, 2.05) is 18.2 Å². The number of hydrogen-bond acceptors (Lipinski definition) is 4. The molecule has 0 saturated heterocycles. The van der Waals surface area contributed by atoms with Crippen LogP contribution < -0.4 is 4.90 Å². The van der Waals surface area contributed by atoms with Crippen LogP contribution in [0.1, 0.15) is 58.4 Å². The van der Waals surface area contributed by atoms with Gasteiger partial charge in [-0.25, -0.2) is 4.98 Å². The quantitative estimate of drug-likeness (QED) is 0.160. The summed E-state index contributed by atoms with van der Waals surface area (Å²) >= 11 is 0. The number of benzene rings is 13. The average Bonchev–Trinajstić information content (AvgIpc) is 1.53. The summed E-state index contributed by atoms with van der Waals surface area (Å²) in [4.78, 5) is 18.5. The molecule has 1 spiro atoms. The van der Waals surface area contributed by atoms with Gasteiger partial charge in [-0.15, -0.1) is 0 Å². The van der Waals surface area contributed by atoms with Crippen LogP contribution in [0.2, 0.25) is 0 Å². The maximum absolute atomic E-state index is 5.44. The minimum Gasteiger partial charge on any atom is -0.310 e. The highest BCUT2D eigenvalue weighted by Gasteiger charge is 2.52. The molecule has 0 unspecified atom stereocenters. The fourth-order valence-electron chi connectivity index (χ4n) is 16.0. The Hall–Kier alpha value is -11.3. The molecule has 0 fully saturated rings. The zero-order valence-electron chi connectivity index (χ0n) is 49.1. The minimum absolute atomic E-state index is 0.225. The lowest BCUT2D eigenvalue weighted by molar-refractivity contribution is 0.661. The normalized spacial score (nSPS) is 13.9. The van der Waals surface area contributed by atoms with E-state index >= 15 is 0 Å². The highest BCUT2D eigenvalue weighted by molar-refractivity contribution is 6.13. The third-order valence-corrected chi connectivity index (χ3v) is 20.1. The molecule has 0 saturated carbocycles. The van der Waals surface area contributed by atoms with Crippen LogP contribution in [0.25, 0.3) is 117 Å². The zero-order valence-corrected chi connectivity index (χ0v) is 49.1. The van der Waals surface area contributed by atoms with Gasteiger partial charge in [0.15, 0.2) is 11.6 Å². The first-order chi connectivity index (χ1) is 43.8. The second kappa shape index (κ2) is 18.6. The maximum atomic E-state index is 5.44. The lowest BCUT2D eigenvalue weighted by Gasteiger charge is -2.32. The lowest BCUT2D eigenvalue weighted by Crippen LogP contribution is -2.26. The van der Waals surface area contributed by atoms with Gasteiger partial charge in [-0.3, -0.25) is 4.57 Å². The molecule has 2 aromatic heterocycles. The van der Waals surface area contributed by atoms with E-state index in [9.17, 15) is 0 Å². The number of aromatic nitrogens is 4. The van der Waals surface area contributed by atoms with E-state index in [1.54, 1.807) is 0 Å². The van der Waals surface area contributed by atoms with Crippen LogP contribution in [-0.2, 0) is 17.3 Å². The van der Waals surface area contributed by atoms with Crippen LogP contribution in [0.5, 0.6) is 0 Å². The van der Waals surface area contributed by atoms with Gasteiger partial charge in [-0.05, 0) is 184 Å². The fraction of sp³-hybridized carbons (Fsp3) is 0.0595. The molecule has 19 rings (SSSR count). The van der Waals surface area contributed by atoms with Crippen molar-refractivity contribution in [3.05, 3.63) is 330 Å². The van der Waals surface area contributed by atoms with Gasteiger partial charge >= 0.3 is 0 Å². The summed E-state index contributed by atoms with van der Waals surface area (Å²) in [5.41, 5.74) is 29.9. The number of rotatable bonds is 7.